The van der Waals surface area contributed by atoms with Crippen LogP contribution in [-0.2, 0) is 5.75 Å². The van der Waals surface area contributed by atoms with E-state index in [1.54, 1.807) is 0 Å². The first kappa shape index (κ1) is 20.7. The van der Waals surface area contributed by atoms with Crippen LogP contribution >= 0.6 is 11.8 Å². The molecule has 0 aliphatic rings. The van der Waals surface area contributed by atoms with E-state index in [4.69, 9.17) is 0 Å². The van der Waals surface area contributed by atoms with Crippen LogP contribution in [0, 0.1) is 11.3 Å². The SMILES string of the molecule is N#Cc1c(-c2ccc(-c3cccc4ccccc34)cc2)nc(SCc2ccccc2)[nH]c1=O. The lowest BCUT2D eigenvalue weighted by Crippen LogP contribution is -2.14. The van der Waals surface area contributed by atoms with Crippen LogP contribution < -0.4 is 5.56 Å². The normalized spacial score (nSPS) is 10.8. The van der Waals surface area contributed by atoms with Crippen LogP contribution in [0.15, 0.2) is 107 Å². The van der Waals surface area contributed by atoms with Crippen LogP contribution in [0.4, 0.5) is 0 Å². The number of aromatic amines is 1. The lowest BCUT2D eigenvalue weighted by molar-refractivity contribution is 0.934. The van der Waals surface area contributed by atoms with E-state index in [1.165, 1.54) is 22.5 Å². The molecule has 158 valence electrons. The van der Waals surface area contributed by atoms with Crippen molar-refractivity contribution >= 4 is 22.5 Å². The number of H-pyrrole nitrogens is 1. The maximum Gasteiger partial charge on any atom is 0.270 e. The maximum absolute atomic E-state index is 12.6. The fourth-order valence-electron chi connectivity index (χ4n) is 3.84. The number of hydrogen-bond acceptors (Lipinski definition) is 4. The zero-order valence-electron chi connectivity index (χ0n) is 17.7. The van der Waals surface area contributed by atoms with Gasteiger partial charge in [-0.05, 0) is 27.5 Å². The predicted molar refractivity (Wildman–Crippen MR) is 134 cm³/mol. The molecule has 0 bridgehead atoms. The molecule has 0 saturated carbocycles. The number of hydrogen-bond donors (Lipinski definition) is 1. The minimum absolute atomic E-state index is 0.0250. The van der Waals surface area contributed by atoms with Gasteiger partial charge in [0.25, 0.3) is 5.56 Å². The summed E-state index contributed by atoms with van der Waals surface area (Å²) in [5.41, 5.74) is 4.09. The van der Waals surface area contributed by atoms with Crippen molar-refractivity contribution in [3.8, 4) is 28.5 Å². The van der Waals surface area contributed by atoms with E-state index in [0.717, 1.165) is 22.3 Å². The highest BCUT2D eigenvalue weighted by atomic mass is 32.2. The molecule has 1 N–H and O–H groups in total. The van der Waals surface area contributed by atoms with Gasteiger partial charge in [0.05, 0.1) is 5.69 Å². The van der Waals surface area contributed by atoms with Crippen LogP contribution in [-0.4, -0.2) is 9.97 Å². The van der Waals surface area contributed by atoms with Gasteiger partial charge in [-0.2, -0.15) is 5.26 Å². The first-order chi connectivity index (χ1) is 16.2. The molecule has 0 amide bonds. The Kier molecular flexibility index (Phi) is 5.75. The molecule has 0 radical (unpaired) electrons. The Bertz CT molecular complexity index is 1530. The van der Waals surface area contributed by atoms with E-state index >= 15 is 0 Å². The van der Waals surface area contributed by atoms with Crippen LogP contribution in [0.5, 0.6) is 0 Å². The molecule has 5 rings (SSSR count). The molecule has 0 aliphatic carbocycles. The topological polar surface area (TPSA) is 69.5 Å². The summed E-state index contributed by atoms with van der Waals surface area (Å²) >= 11 is 1.44. The minimum Gasteiger partial charge on any atom is -0.300 e. The highest BCUT2D eigenvalue weighted by molar-refractivity contribution is 7.98. The summed E-state index contributed by atoms with van der Waals surface area (Å²) in [6, 6.07) is 34.4. The van der Waals surface area contributed by atoms with Crippen LogP contribution in [0.25, 0.3) is 33.2 Å². The second-order valence-electron chi connectivity index (χ2n) is 7.58. The van der Waals surface area contributed by atoms with E-state index in [9.17, 15) is 10.1 Å². The maximum atomic E-state index is 12.6. The lowest BCUT2D eigenvalue weighted by atomic mass is 9.96. The van der Waals surface area contributed by atoms with Gasteiger partial charge >= 0.3 is 0 Å². The molecule has 0 fully saturated rings. The summed E-state index contributed by atoms with van der Waals surface area (Å²) in [7, 11) is 0. The van der Waals surface area contributed by atoms with Gasteiger partial charge in [-0.15, -0.1) is 0 Å². The Morgan fingerprint density at radius 1 is 0.818 bits per heavy atom. The van der Waals surface area contributed by atoms with Crippen LogP contribution in [0.1, 0.15) is 11.1 Å². The summed E-state index contributed by atoms with van der Waals surface area (Å²) in [4.78, 5) is 19.9. The molecule has 4 aromatic carbocycles. The highest BCUT2D eigenvalue weighted by Gasteiger charge is 2.14. The summed E-state index contributed by atoms with van der Waals surface area (Å²) in [6.07, 6.45) is 0. The molecule has 0 spiro atoms. The summed E-state index contributed by atoms with van der Waals surface area (Å²) in [5.74, 6) is 0.676. The Balaban J connectivity index is 1.50. The van der Waals surface area contributed by atoms with Crippen molar-refractivity contribution in [3.05, 3.63) is 119 Å². The number of nitrogens with one attached hydrogen (secondary N) is 1. The molecule has 33 heavy (non-hydrogen) atoms. The minimum atomic E-state index is -0.420. The van der Waals surface area contributed by atoms with Crippen molar-refractivity contribution in [3.63, 3.8) is 0 Å². The molecule has 5 heteroatoms. The molecule has 4 nitrogen and oxygen atoms in total. The van der Waals surface area contributed by atoms with Gasteiger partial charge < -0.3 is 4.98 Å². The van der Waals surface area contributed by atoms with Gasteiger partial charge in [-0.3, -0.25) is 4.79 Å². The van der Waals surface area contributed by atoms with Gasteiger partial charge in [0.1, 0.15) is 11.6 Å². The smallest absolute Gasteiger partial charge is 0.270 e. The van der Waals surface area contributed by atoms with E-state index in [1.807, 2.05) is 78.9 Å². The summed E-state index contributed by atoms with van der Waals surface area (Å²) in [6.45, 7) is 0. The second-order valence-corrected chi connectivity index (χ2v) is 8.55. The molecule has 0 atom stereocenters. The fourth-order valence-corrected chi connectivity index (χ4v) is 4.66. The molecule has 1 aromatic heterocycles. The molecular weight excluding hydrogens is 426 g/mol. The van der Waals surface area contributed by atoms with E-state index in [-0.39, 0.29) is 5.56 Å². The second kappa shape index (κ2) is 9.15. The Morgan fingerprint density at radius 3 is 2.30 bits per heavy atom. The average Bonchev–Trinajstić information content (AvgIpc) is 2.87. The van der Waals surface area contributed by atoms with Crippen LogP contribution in [0.3, 0.4) is 0 Å². The zero-order valence-corrected chi connectivity index (χ0v) is 18.5. The fraction of sp³-hybridized carbons (Fsp3) is 0.0357. The standard InChI is InChI=1S/C28H19N3OS/c29-17-25-26(30-28(31-27(25)32)33-18-19-7-2-1-3-8-19)22-15-13-21(14-16-22)24-12-6-10-20-9-4-5-11-23(20)24/h1-16H,18H2,(H,30,31,32). The van der Waals surface area contributed by atoms with Gasteiger partial charge in [-0.25, -0.2) is 4.98 Å². The van der Waals surface area contributed by atoms with Gasteiger partial charge in [0.2, 0.25) is 0 Å². The van der Waals surface area contributed by atoms with Crippen molar-refractivity contribution in [2.24, 2.45) is 0 Å². The van der Waals surface area contributed by atoms with E-state index < -0.39 is 5.56 Å². The lowest BCUT2D eigenvalue weighted by Gasteiger charge is -2.09. The largest absolute Gasteiger partial charge is 0.300 e. The molecule has 0 aliphatic heterocycles. The molecule has 5 aromatic rings. The van der Waals surface area contributed by atoms with Crippen molar-refractivity contribution in [1.29, 1.82) is 5.26 Å². The number of rotatable bonds is 5. The van der Waals surface area contributed by atoms with Crippen molar-refractivity contribution in [2.45, 2.75) is 10.9 Å². The average molecular weight is 446 g/mol. The predicted octanol–water partition coefficient (Wildman–Crippen LogP) is 6.42. The first-order valence-corrected chi connectivity index (χ1v) is 11.5. The van der Waals surface area contributed by atoms with E-state index in [2.05, 4.69) is 34.2 Å². The Morgan fingerprint density at radius 2 is 1.52 bits per heavy atom. The molecule has 1 heterocycles. The molecular formula is C28H19N3OS. The number of aromatic nitrogens is 2. The number of benzene rings is 4. The number of fused-ring (bicyclic) bond motifs is 1. The van der Waals surface area contributed by atoms with Crippen molar-refractivity contribution in [1.82, 2.24) is 9.97 Å². The number of thioether (sulfide) groups is 1. The third-order valence-electron chi connectivity index (χ3n) is 5.49. The van der Waals surface area contributed by atoms with E-state index in [0.29, 0.717) is 16.6 Å². The molecule has 0 unspecified atom stereocenters. The summed E-state index contributed by atoms with van der Waals surface area (Å²) in [5, 5.41) is 12.5. The monoisotopic (exact) mass is 445 g/mol. The highest BCUT2D eigenvalue weighted by Crippen LogP contribution is 2.31. The van der Waals surface area contributed by atoms with Gasteiger partial charge in [0, 0.05) is 11.3 Å². The summed E-state index contributed by atoms with van der Waals surface area (Å²) < 4.78 is 0. The van der Waals surface area contributed by atoms with Crippen molar-refractivity contribution in [2.75, 3.05) is 0 Å². The number of nitrogens with zero attached hydrogens (tertiary/aromatic N) is 2. The Labute approximate surface area is 195 Å². The Hall–Kier alpha value is -4.14. The van der Waals surface area contributed by atoms with Gasteiger partial charge in [0.15, 0.2) is 5.16 Å². The quantitative estimate of drug-likeness (QED) is 0.250. The number of nitriles is 1. The third kappa shape index (κ3) is 4.30. The molecule has 0 saturated heterocycles. The van der Waals surface area contributed by atoms with Crippen molar-refractivity contribution < 1.29 is 0 Å². The third-order valence-corrected chi connectivity index (χ3v) is 6.43. The first-order valence-electron chi connectivity index (χ1n) is 10.5. The zero-order chi connectivity index (χ0) is 22.6. The van der Waals surface area contributed by atoms with Crippen LogP contribution in [0.2, 0.25) is 0 Å². The van der Waals surface area contributed by atoms with Gasteiger partial charge in [-0.1, -0.05) is 109 Å².